The van der Waals surface area contributed by atoms with Gasteiger partial charge < -0.3 is 30.1 Å². The van der Waals surface area contributed by atoms with E-state index in [1.54, 1.807) is 70.1 Å². The van der Waals surface area contributed by atoms with Crippen LogP contribution in [0.3, 0.4) is 0 Å². The smallest absolute Gasteiger partial charge is 0.306 e. The first-order valence-electron chi connectivity index (χ1n) is 18.5. The summed E-state index contributed by atoms with van der Waals surface area (Å²) in [6.07, 6.45) is 10.5. The maximum absolute atomic E-state index is 13.3. The summed E-state index contributed by atoms with van der Waals surface area (Å²) in [5, 5.41) is 20.8. The number of rotatable bonds is 11. The van der Waals surface area contributed by atoms with Crippen LogP contribution in [0.1, 0.15) is 27.7 Å². The van der Waals surface area contributed by atoms with Crippen LogP contribution in [-0.4, -0.2) is 89.9 Å². The number of aliphatic hydroxyl groups is 2. The van der Waals surface area contributed by atoms with Crippen molar-refractivity contribution in [2.45, 2.75) is 32.9 Å². The van der Waals surface area contributed by atoms with Crippen molar-refractivity contribution in [2.75, 3.05) is 37.9 Å². The molecular weight excluding hydrogens is 818 g/mol. The van der Waals surface area contributed by atoms with E-state index < -0.39 is 9.84 Å². The highest BCUT2D eigenvalue weighted by molar-refractivity contribution is 7.90. The Bertz CT molecular complexity index is 2800. The Kier molecular flexibility index (Phi) is 14.1. The molecule has 0 amide bonds. The molecule has 0 unspecified atom stereocenters. The highest BCUT2D eigenvalue weighted by Crippen LogP contribution is 2.34. The van der Waals surface area contributed by atoms with Crippen LogP contribution in [-0.2, 0) is 9.84 Å². The van der Waals surface area contributed by atoms with Gasteiger partial charge in [0.25, 0.3) is 0 Å². The van der Waals surface area contributed by atoms with Crippen LogP contribution in [0.25, 0.3) is 57.0 Å². The van der Waals surface area contributed by atoms with Gasteiger partial charge in [0.05, 0.1) is 11.4 Å². The summed E-state index contributed by atoms with van der Waals surface area (Å²) in [7, 11) is -3.56. The fourth-order valence-electron chi connectivity index (χ4n) is 5.34. The van der Waals surface area contributed by atoms with E-state index in [1.165, 1.54) is 36.7 Å². The number of aromatic nitrogens is 8. The van der Waals surface area contributed by atoms with Crippen molar-refractivity contribution in [3.8, 4) is 45.3 Å². The summed E-state index contributed by atoms with van der Waals surface area (Å²) >= 11 is 0. The molecule has 322 valence electrons. The van der Waals surface area contributed by atoms with Crippen molar-refractivity contribution in [2.24, 2.45) is 16.6 Å². The molecule has 8 rings (SSSR count). The first-order chi connectivity index (χ1) is 28.5. The quantitative estimate of drug-likeness (QED) is 0.104. The summed E-state index contributed by atoms with van der Waals surface area (Å²) in [6.45, 7) is 9.02. The number of aliphatic hydroxyl groups excluding tert-OH is 2. The largest absolute Gasteiger partial charge is 0.432 e. The van der Waals surface area contributed by atoms with Crippen LogP contribution in [0.15, 0.2) is 112 Å². The van der Waals surface area contributed by atoms with Gasteiger partial charge in [0.15, 0.2) is 0 Å². The maximum Gasteiger partial charge on any atom is 0.306 e. The zero-order valence-electron chi connectivity index (χ0n) is 33.8. The van der Waals surface area contributed by atoms with Crippen molar-refractivity contribution >= 4 is 27.5 Å². The van der Waals surface area contributed by atoms with Crippen LogP contribution < -0.4 is 11.1 Å². The molecule has 0 aliphatic carbocycles. The summed E-state index contributed by atoms with van der Waals surface area (Å²) in [5.41, 5.74) is 9.68. The summed E-state index contributed by atoms with van der Waals surface area (Å²) in [6, 6.07) is 15.3. The number of anilines is 1. The first-order valence-corrected chi connectivity index (χ1v) is 20.4. The Morgan fingerprint density at radius 3 is 1.59 bits per heavy atom. The van der Waals surface area contributed by atoms with Crippen LogP contribution in [0, 0.1) is 22.5 Å². The Morgan fingerprint density at radius 2 is 1.16 bits per heavy atom. The molecule has 0 radical (unpaired) electrons. The fourth-order valence-corrected chi connectivity index (χ4v) is 5.86. The zero-order chi connectivity index (χ0) is 43.2. The standard InChI is InChI=1S/C20H20FN5O2.C16H11FN4O3S.C5H13NO.FH/c1-20(2,12-27)11-23-18-22-8-7-15(24-18)17-16(13-3-5-14(21)6-4-13)25-19-26(17)9-10-28-19;1-25(22,23)15-18-7-6-12(19-15)14-13(10-2-4-11(17)5-3-10)20-16-21(14)8-9-24-16;1-5(2,3-6)4-7;/h3-10,27H,11-12H2,1-2H3,(H,22,23,24);2-9H,1H3;7H,3-4,6H2,1-2H3;1H. The predicted molar refractivity (Wildman–Crippen MR) is 223 cm³/mol. The van der Waals surface area contributed by atoms with Crippen molar-refractivity contribution in [3.05, 3.63) is 110 Å². The van der Waals surface area contributed by atoms with E-state index in [0.717, 1.165) is 17.5 Å². The van der Waals surface area contributed by atoms with Gasteiger partial charge in [-0.1, -0.05) is 27.7 Å². The predicted octanol–water partition coefficient (Wildman–Crippen LogP) is 6.33. The van der Waals surface area contributed by atoms with E-state index in [9.17, 15) is 22.3 Å². The minimum Gasteiger partial charge on any atom is -0.432 e. The molecule has 8 aromatic rings. The van der Waals surface area contributed by atoms with Gasteiger partial charge in [-0.3, -0.25) is 13.5 Å². The lowest BCUT2D eigenvalue weighted by Gasteiger charge is -2.21. The molecule has 6 heterocycles. The van der Waals surface area contributed by atoms with E-state index in [-0.39, 0.29) is 45.5 Å². The Hall–Kier alpha value is -6.48. The molecule has 16 nitrogen and oxygen atoms in total. The van der Waals surface area contributed by atoms with Gasteiger partial charge in [0, 0.05) is 72.8 Å². The van der Waals surface area contributed by atoms with Gasteiger partial charge in [0.2, 0.25) is 20.9 Å². The molecule has 61 heavy (non-hydrogen) atoms. The third-order valence-corrected chi connectivity index (χ3v) is 9.86. The molecule has 0 spiro atoms. The fraction of sp³-hybridized carbons (Fsp3) is 0.268. The molecule has 6 aromatic heterocycles. The van der Waals surface area contributed by atoms with E-state index in [0.29, 0.717) is 64.8 Å². The van der Waals surface area contributed by atoms with Crippen LogP contribution in [0.4, 0.5) is 19.4 Å². The minimum absolute atomic E-state index is 0. The molecule has 0 atom stereocenters. The van der Waals surface area contributed by atoms with Gasteiger partial charge in [-0.05, 0) is 67.2 Å². The van der Waals surface area contributed by atoms with Crippen molar-refractivity contribution in [1.29, 1.82) is 0 Å². The summed E-state index contributed by atoms with van der Waals surface area (Å²) in [5.74, 6) is 0.503. The van der Waals surface area contributed by atoms with Gasteiger partial charge in [0.1, 0.15) is 46.9 Å². The Morgan fingerprint density at radius 1 is 0.705 bits per heavy atom. The molecule has 0 fully saturated rings. The average Bonchev–Trinajstić information content (AvgIpc) is 4.04. The van der Waals surface area contributed by atoms with E-state index in [1.807, 2.05) is 27.7 Å². The number of imidazole rings is 2. The van der Waals surface area contributed by atoms with Crippen molar-refractivity contribution < 1.29 is 41.0 Å². The van der Waals surface area contributed by atoms with E-state index in [4.69, 9.17) is 19.7 Å². The molecular formula is C41H45F3N10O6S. The normalized spacial score (nSPS) is 11.7. The molecule has 2 aromatic carbocycles. The molecule has 20 heteroatoms. The third kappa shape index (κ3) is 10.8. The molecule has 0 bridgehead atoms. The van der Waals surface area contributed by atoms with E-state index in [2.05, 4.69) is 35.2 Å². The van der Waals surface area contributed by atoms with Crippen LogP contribution in [0.2, 0.25) is 0 Å². The molecule has 0 saturated heterocycles. The molecule has 0 aliphatic rings. The summed E-state index contributed by atoms with van der Waals surface area (Å²) in [4.78, 5) is 25.8. The number of benzene rings is 2. The second-order valence-electron chi connectivity index (χ2n) is 15.2. The van der Waals surface area contributed by atoms with Gasteiger partial charge in [-0.2, -0.15) is 9.97 Å². The molecule has 0 saturated carbocycles. The van der Waals surface area contributed by atoms with E-state index >= 15 is 0 Å². The number of nitrogens with one attached hydrogen (secondary N) is 1. The number of sulfone groups is 1. The second kappa shape index (κ2) is 18.8. The lowest BCUT2D eigenvalue weighted by Crippen LogP contribution is -2.27. The zero-order valence-corrected chi connectivity index (χ0v) is 34.6. The molecule has 5 N–H and O–H groups in total. The number of fused-ring (bicyclic) bond motifs is 2. The topological polar surface area (TPSA) is 225 Å². The minimum atomic E-state index is -3.56. The van der Waals surface area contributed by atoms with Crippen molar-refractivity contribution in [1.82, 2.24) is 38.7 Å². The third-order valence-electron chi connectivity index (χ3n) is 9.00. The number of hydrogen-bond donors (Lipinski definition) is 4. The van der Waals surface area contributed by atoms with Gasteiger partial charge in [-0.15, -0.1) is 0 Å². The maximum atomic E-state index is 13.3. The van der Waals surface area contributed by atoms with Gasteiger partial charge >= 0.3 is 11.7 Å². The summed E-state index contributed by atoms with van der Waals surface area (Å²) < 4.78 is 64.3. The highest BCUT2D eigenvalue weighted by Gasteiger charge is 2.23. The number of hydrogen-bond acceptors (Lipinski definition) is 14. The lowest BCUT2D eigenvalue weighted by molar-refractivity contribution is 0.167. The average molecular weight is 863 g/mol. The monoisotopic (exact) mass is 862 g/mol. The Labute approximate surface area is 348 Å². The first kappa shape index (κ1) is 45.6. The Balaban J connectivity index is 0.000000198. The number of oxazole rings is 2. The number of nitrogens with two attached hydrogens (primary N) is 1. The highest BCUT2D eigenvalue weighted by atomic mass is 32.2. The van der Waals surface area contributed by atoms with Crippen molar-refractivity contribution in [3.63, 3.8) is 0 Å². The lowest BCUT2D eigenvalue weighted by atomic mass is 9.95. The number of halogens is 3. The van der Waals surface area contributed by atoms with Crippen LogP contribution >= 0.6 is 0 Å². The molecule has 0 aliphatic heterocycles. The van der Waals surface area contributed by atoms with Gasteiger partial charge in [-0.25, -0.2) is 37.1 Å². The second-order valence-corrected chi connectivity index (χ2v) is 17.1. The number of nitrogens with zero attached hydrogens (tertiary/aromatic N) is 8. The SMILES string of the molecule is CC(C)(CN)CO.CC(C)(CO)CNc1nccc(-c2c(-c3ccc(F)cc3)nc3occn23)n1.CS(=O)(=O)c1nccc(-c2c(-c3ccc(F)cc3)nc3occn23)n1.F. The van der Waals surface area contributed by atoms with Crippen LogP contribution in [0.5, 0.6) is 0 Å².